The number of pyridine rings is 1. The summed E-state index contributed by atoms with van der Waals surface area (Å²) in [5.41, 5.74) is 9.89. The Kier molecular flexibility index (Phi) is 7.79. The molecule has 0 N–H and O–H groups in total. The summed E-state index contributed by atoms with van der Waals surface area (Å²) in [4.78, 5) is 7.59. The molecule has 8 heteroatoms. The van der Waals surface area contributed by atoms with Crippen LogP contribution in [0.5, 0.6) is 11.5 Å². The van der Waals surface area contributed by atoms with Crippen LogP contribution in [-0.4, -0.2) is 22.5 Å². The highest BCUT2D eigenvalue weighted by Crippen LogP contribution is 2.49. The Morgan fingerprint density at radius 1 is 0.410 bits per heavy atom. The summed E-state index contributed by atoms with van der Waals surface area (Å²) >= 11 is 0. The van der Waals surface area contributed by atoms with Gasteiger partial charge in [0.05, 0.1) is 43.2 Å². The molecule has 0 spiro atoms. The Hall–Kier alpha value is -7.94. The van der Waals surface area contributed by atoms with Crippen LogP contribution < -0.4 is 9.64 Å². The van der Waals surface area contributed by atoms with Gasteiger partial charge in [-0.15, -0.1) is 0 Å². The van der Waals surface area contributed by atoms with Crippen LogP contribution in [0.25, 0.3) is 66.1 Å². The molecule has 8 aromatic carbocycles. The lowest BCUT2D eigenvalue weighted by Crippen LogP contribution is -2.16. The first-order chi connectivity index (χ1) is 30.0. The lowest BCUT2D eigenvalue weighted by atomic mass is 10.0. The molecule has 61 heavy (non-hydrogen) atoms. The quantitative estimate of drug-likeness (QED) is 0.167. The lowest BCUT2D eigenvalue weighted by Gasteiger charge is -2.31. The van der Waals surface area contributed by atoms with E-state index in [2.05, 4.69) is 86.8 Å². The summed E-state index contributed by atoms with van der Waals surface area (Å²) in [7, 11) is -3.79. The van der Waals surface area contributed by atoms with Gasteiger partial charge in [-0.05, 0) is 121 Å². The van der Waals surface area contributed by atoms with Crippen LogP contribution in [0.1, 0.15) is 0 Å². The molecule has 0 unspecified atom stereocenters. The van der Waals surface area contributed by atoms with Crippen molar-refractivity contribution in [3.63, 3.8) is 0 Å². The number of para-hydroxylation sites is 7. The third-order valence-electron chi connectivity index (χ3n) is 11.8. The molecule has 0 radical (unpaired) electrons. The van der Waals surface area contributed by atoms with E-state index in [4.69, 9.17) is 9.72 Å². The largest absolute Gasteiger partial charge is 0.453 e. The van der Waals surface area contributed by atoms with Crippen LogP contribution in [0.3, 0.4) is 0 Å². The van der Waals surface area contributed by atoms with Gasteiger partial charge < -0.3 is 13.9 Å². The number of rotatable bonds is 6. The average Bonchev–Trinajstić information content (AvgIpc) is 3.83. The van der Waals surface area contributed by atoms with Crippen LogP contribution in [0.4, 0.5) is 17.2 Å². The van der Waals surface area contributed by atoms with Crippen LogP contribution in [0.2, 0.25) is 0 Å². The molecule has 0 aliphatic carbocycles. The number of fused-ring (bicyclic) bond motifs is 8. The normalized spacial score (nSPS) is 12.5. The lowest BCUT2D eigenvalue weighted by molar-refractivity contribution is 0.476. The number of aromatic nitrogens is 3. The van der Waals surface area contributed by atoms with Crippen molar-refractivity contribution >= 4 is 70.6 Å². The van der Waals surface area contributed by atoms with Crippen molar-refractivity contribution < 1.29 is 13.2 Å². The Morgan fingerprint density at radius 2 is 0.852 bits per heavy atom. The van der Waals surface area contributed by atoms with Gasteiger partial charge >= 0.3 is 0 Å². The number of hydrogen-bond donors (Lipinski definition) is 0. The van der Waals surface area contributed by atoms with E-state index in [9.17, 15) is 8.42 Å². The first-order valence-electron chi connectivity index (χ1n) is 20.1. The minimum Gasteiger partial charge on any atom is -0.453 e. The number of hydrogen-bond acceptors (Lipinski definition) is 5. The highest BCUT2D eigenvalue weighted by atomic mass is 32.2. The van der Waals surface area contributed by atoms with E-state index in [1.165, 1.54) is 0 Å². The van der Waals surface area contributed by atoms with Gasteiger partial charge in [0, 0.05) is 44.7 Å². The molecule has 3 aromatic heterocycles. The summed E-state index contributed by atoms with van der Waals surface area (Å²) < 4.78 is 38.7. The molecule has 0 fully saturated rings. The van der Waals surface area contributed by atoms with E-state index >= 15 is 0 Å². The van der Waals surface area contributed by atoms with Gasteiger partial charge in [0.15, 0.2) is 11.5 Å². The maximum absolute atomic E-state index is 14.0. The molecule has 0 atom stereocenters. The molecular weight excluding hydrogens is 773 g/mol. The summed E-state index contributed by atoms with van der Waals surface area (Å²) in [6, 6.07) is 65.9. The van der Waals surface area contributed by atoms with Gasteiger partial charge in [0.2, 0.25) is 9.84 Å². The van der Waals surface area contributed by atoms with Crippen LogP contribution in [0, 0.1) is 0 Å². The third-order valence-corrected chi connectivity index (χ3v) is 13.6. The monoisotopic (exact) mass is 806 g/mol. The number of benzene rings is 8. The maximum Gasteiger partial charge on any atom is 0.206 e. The fourth-order valence-corrected chi connectivity index (χ4v) is 10.2. The second-order valence-electron chi connectivity index (χ2n) is 15.2. The molecular formula is C53H34N4O3S. The van der Waals surface area contributed by atoms with E-state index in [-0.39, 0.29) is 9.79 Å². The smallest absolute Gasteiger partial charge is 0.206 e. The van der Waals surface area contributed by atoms with E-state index in [1.807, 2.05) is 109 Å². The van der Waals surface area contributed by atoms with Gasteiger partial charge in [-0.3, -0.25) is 4.90 Å². The van der Waals surface area contributed by atoms with Crippen molar-refractivity contribution in [3.8, 4) is 34.0 Å². The molecule has 290 valence electrons. The zero-order valence-electron chi connectivity index (χ0n) is 32.6. The molecule has 0 bridgehead atoms. The molecule has 11 aromatic rings. The SMILES string of the molecule is O=S(=O)(c1ccc(-n2c3ccccc3c3ccccc32)cc1)c1ccc(-n2c3ccccc3c3cc(-c4ccc(N5c6ccccc6Oc6ccccc65)nc4)ccc32)cc1. The minimum absolute atomic E-state index is 0.240. The van der Waals surface area contributed by atoms with Crippen molar-refractivity contribution in [3.05, 3.63) is 206 Å². The molecule has 7 nitrogen and oxygen atoms in total. The summed E-state index contributed by atoms with van der Waals surface area (Å²) in [6.45, 7) is 0. The number of nitrogens with zero attached hydrogens (tertiary/aromatic N) is 4. The highest BCUT2D eigenvalue weighted by molar-refractivity contribution is 7.91. The maximum atomic E-state index is 14.0. The Labute approximate surface area is 351 Å². The zero-order valence-corrected chi connectivity index (χ0v) is 33.4. The van der Waals surface area contributed by atoms with E-state index < -0.39 is 9.84 Å². The van der Waals surface area contributed by atoms with Gasteiger partial charge in [0.25, 0.3) is 0 Å². The fourth-order valence-electron chi connectivity index (χ4n) is 8.96. The molecule has 1 aliphatic heterocycles. The standard InChI is InChI=1S/C53H34N4O3S/c58-61(59,39-27-23-37(24-28-39)55-45-14-4-1-11-41(45)42-12-2-5-15-46(42)55)40-29-25-38(26-30-40)56-47-16-6-3-13-43(47)44-33-35(21-31-48(44)56)36-22-32-53(54-34-36)57-49-17-7-9-19-51(49)60-52-20-10-8-18-50(52)57/h1-34H. The summed E-state index contributed by atoms with van der Waals surface area (Å²) in [6.07, 6.45) is 1.92. The van der Waals surface area contributed by atoms with Crippen molar-refractivity contribution in [2.24, 2.45) is 0 Å². The average molecular weight is 807 g/mol. The Balaban J connectivity index is 0.863. The van der Waals surface area contributed by atoms with E-state index in [1.54, 1.807) is 24.3 Å². The molecule has 4 heterocycles. The predicted octanol–water partition coefficient (Wildman–Crippen LogP) is 13.4. The van der Waals surface area contributed by atoms with Crippen LogP contribution in [-0.2, 0) is 9.84 Å². The molecule has 0 saturated carbocycles. The molecule has 1 aliphatic rings. The van der Waals surface area contributed by atoms with Gasteiger partial charge in [-0.25, -0.2) is 13.4 Å². The van der Waals surface area contributed by atoms with Crippen molar-refractivity contribution in [1.29, 1.82) is 0 Å². The first-order valence-corrected chi connectivity index (χ1v) is 21.6. The molecule has 12 rings (SSSR count). The van der Waals surface area contributed by atoms with Crippen molar-refractivity contribution in [1.82, 2.24) is 14.1 Å². The van der Waals surface area contributed by atoms with Crippen molar-refractivity contribution in [2.45, 2.75) is 9.79 Å². The minimum atomic E-state index is -3.79. The fraction of sp³-hybridized carbons (Fsp3) is 0. The molecule has 0 saturated heterocycles. The van der Waals surface area contributed by atoms with E-state index in [0.717, 1.165) is 94.8 Å². The van der Waals surface area contributed by atoms with Crippen LogP contribution in [0.15, 0.2) is 216 Å². The third kappa shape index (κ3) is 5.50. The topological polar surface area (TPSA) is 69.4 Å². The number of anilines is 3. The number of ether oxygens (including phenoxy) is 1. The highest BCUT2D eigenvalue weighted by Gasteiger charge is 2.26. The summed E-state index contributed by atoms with van der Waals surface area (Å²) in [5.74, 6) is 2.37. The van der Waals surface area contributed by atoms with Crippen molar-refractivity contribution in [2.75, 3.05) is 4.90 Å². The summed E-state index contributed by atoms with van der Waals surface area (Å²) in [5, 5.41) is 4.51. The zero-order chi connectivity index (χ0) is 40.7. The molecule has 0 amide bonds. The van der Waals surface area contributed by atoms with Gasteiger partial charge in [0.1, 0.15) is 5.82 Å². The predicted molar refractivity (Wildman–Crippen MR) is 245 cm³/mol. The second kappa shape index (κ2) is 13.6. The number of sulfone groups is 1. The second-order valence-corrected chi connectivity index (χ2v) is 17.2. The Bertz CT molecular complexity index is 3530. The van der Waals surface area contributed by atoms with Gasteiger partial charge in [-0.2, -0.15) is 0 Å². The van der Waals surface area contributed by atoms with E-state index in [0.29, 0.717) is 0 Å². The first kappa shape index (κ1) is 35.0. The van der Waals surface area contributed by atoms with Gasteiger partial charge in [-0.1, -0.05) is 84.9 Å². The van der Waals surface area contributed by atoms with Crippen LogP contribution >= 0.6 is 0 Å². The Morgan fingerprint density at radius 3 is 1.36 bits per heavy atom.